The first-order chi connectivity index (χ1) is 26.1. The van der Waals surface area contributed by atoms with Gasteiger partial charge in [-0.15, -0.1) is 4.52 Å². The molecule has 59 heavy (non-hydrogen) atoms. The van der Waals surface area contributed by atoms with Crippen LogP contribution in [0.5, 0.6) is 0 Å². The molecule has 4 rings (SSSR count). The van der Waals surface area contributed by atoms with Crippen molar-refractivity contribution >= 4 is 30.1 Å². The molecule has 3 unspecified atom stereocenters. The van der Waals surface area contributed by atoms with Gasteiger partial charge in [0.15, 0.2) is 14.0 Å². The zero-order chi connectivity index (χ0) is 44.5. The van der Waals surface area contributed by atoms with Crippen molar-refractivity contribution in [1.82, 2.24) is 0 Å². The Morgan fingerprint density at radius 3 is 1.10 bits per heavy atom. The van der Waals surface area contributed by atoms with Crippen LogP contribution in [0.4, 0.5) is 0 Å². The van der Waals surface area contributed by atoms with Crippen LogP contribution in [0, 0.1) is 45.9 Å². The van der Waals surface area contributed by atoms with E-state index in [9.17, 15) is 18.3 Å². The summed E-state index contributed by atoms with van der Waals surface area (Å²) in [5.74, 6) is 2.98. The van der Waals surface area contributed by atoms with E-state index >= 15 is 0 Å². The van der Waals surface area contributed by atoms with E-state index in [4.69, 9.17) is 4.52 Å². The van der Waals surface area contributed by atoms with E-state index in [0.717, 1.165) is 24.7 Å². The molecule has 2 fully saturated rings. The fraction of sp³-hybridized carbons (Fsp3) is 0.659. The van der Waals surface area contributed by atoms with Crippen LogP contribution in [0.1, 0.15) is 127 Å². The molecule has 348 valence electrons. The molecule has 8 nitrogen and oxygen atoms in total. The average Bonchev–Trinajstić information content (AvgIpc) is 3.19. The maximum atomic E-state index is 11.9. The first kappa shape index (κ1) is 74.5. The van der Waals surface area contributed by atoms with Crippen molar-refractivity contribution in [2.75, 3.05) is 61.3 Å². The second kappa shape index (κ2) is 44.3. The van der Waals surface area contributed by atoms with Crippen LogP contribution < -0.4 is 0 Å². The van der Waals surface area contributed by atoms with Crippen LogP contribution in [0.2, 0.25) is 0 Å². The molecular weight excluding hydrogens is 1330 g/mol. The summed E-state index contributed by atoms with van der Waals surface area (Å²) in [6.07, 6.45) is 10.9. The van der Waals surface area contributed by atoms with Gasteiger partial charge in [-0.2, -0.15) is 6.92 Å². The minimum Gasteiger partial charge on any atom is -0.356 e. The first-order valence-electron chi connectivity index (χ1n) is 20.0. The van der Waals surface area contributed by atoms with Crippen molar-refractivity contribution < 1.29 is 99.6 Å². The summed E-state index contributed by atoms with van der Waals surface area (Å²) in [5.41, 5.74) is 5.70. The Kier molecular flexibility index (Phi) is 56.0. The minimum absolute atomic E-state index is 0. The van der Waals surface area contributed by atoms with Gasteiger partial charge in [-0.05, 0) is 98.4 Å². The molecule has 0 bridgehead atoms. The molecule has 0 spiro atoms. The number of aryl methyl sites for hydroxylation is 2. The molecule has 0 heterocycles. The number of benzene rings is 2. The Morgan fingerprint density at radius 1 is 0.610 bits per heavy atom. The maximum Gasteiger partial charge on any atom is 0.504 e. The van der Waals surface area contributed by atoms with Crippen molar-refractivity contribution in [3.05, 3.63) is 91.0 Å². The quantitative estimate of drug-likeness (QED) is 0.190. The maximum absolute atomic E-state index is 11.9. The third kappa shape index (κ3) is 45.5. The monoisotopic (exact) mass is 1420 g/mol. The molecule has 0 radical (unpaired) electrons. The van der Waals surface area contributed by atoms with E-state index in [1.54, 1.807) is 25.8 Å². The molecule has 2 aromatic rings. The number of rotatable bonds is 8. The molecule has 2 aliphatic rings. The summed E-state index contributed by atoms with van der Waals surface area (Å²) in [5, 5.41) is 0. The Labute approximate surface area is 409 Å². The van der Waals surface area contributed by atoms with Crippen LogP contribution in [0.25, 0.3) is 0 Å². The third-order valence-electron chi connectivity index (χ3n) is 8.91. The van der Waals surface area contributed by atoms with Gasteiger partial charge < -0.3 is 29.6 Å². The second-order valence-corrected chi connectivity index (χ2v) is 22.8. The van der Waals surface area contributed by atoms with Gasteiger partial charge in [0.25, 0.3) is 0 Å². The van der Waals surface area contributed by atoms with E-state index in [1.165, 1.54) is 97.0 Å². The molecule has 2 aromatic carbocycles. The van der Waals surface area contributed by atoms with Gasteiger partial charge >= 0.3 is 8.03 Å². The number of hydrogen-bond donors (Lipinski definition) is 0. The van der Waals surface area contributed by atoms with Crippen molar-refractivity contribution in [1.29, 1.82) is 0 Å². The molecule has 0 amide bonds. The predicted octanol–water partition coefficient (Wildman–Crippen LogP) is 15.7. The first-order valence-corrected chi connectivity index (χ1v) is 28.4. The summed E-state index contributed by atoms with van der Waals surface area (Å²) in [7, 11) is -2.73. The van der Waals surface area contributed by atoms with Crippen LogP contribution in [-0.2, 0) is 99.6 Å². The standard InChI is InChI=1S/C16H24O2P.C14H20.C3H9O2P.C3H8O2P.C2H6O2P.2C2H6.C2H5.3W/c1-13-4-8-15(9-5-13)16-10-6-14(7-11-16)12-19(3,17)18-2;1-11-3-7-13(8-4-11)14-9-5-12(2)6-10-14;2*1-5-6(2,3)4;1-4-5(2)3;3*1-2;;;/h4-5,8-9,14,16H,3,6-7,10-12H2,1-2H3;3-4,7-8,12,14H,5-6,9-10H2,1-2H3;1-3H3;2H2,1,3H3;1-2H3;2*1-2H3;1H2,2H3;;;/q-1;;;-1;+1;;;-1;;;. The van der Waals surface area contributed by atoms with E-state index < -0.39 is 30.1 Å². The van der Waals surface area contributed by atoms with E-state index in [-0.39, 0.29) is 63.2 Å². The van der Waals surface area contributed by atoms with Crippen LogP contribution in [-0.4, -0.2) is 61.3 Å². The summed E-state index contributed by atoms with van der Waals surface area (Å²) < 4.78 is 60.4. The van der Waals surface area contributed by atoms with Crippen molar-refractivity contribution in [3.63, 3.8) is 0 Å². The summed E-state index contributed by atoms with van der Waals surface area (Å²) >= 11 is 0. The van der Waals surface area contributed by atoms with Gasteiger partial charge in [0.2, 0.25) is 0 Å². The van der Waals surface area contributed by atoms with Crippen LogP contribution in [0.15, 0.2) is 48.5 Å². The van der Waals surface area contributed by atoms with Crippen molar-refractivity contribution in [2.45, 2.75) is 119 Å². The van der Waals surface area contributed by atoms with Gasteiger partial charge in [-0.25, -0.2) is 0 Å². The second-order valence-electron chi connectivity index (χ2n) is 13.9. The molecule has 0 aromatic heterocycles. The zero-order valence-electron chi connectivity index (χ0n) is 39.7. The fourth-order valence-electron chi connectivity index (χ4n) is 5.42. The van der Waals surface area contributed by atoms with Gasteiger partial charge in [0.05, 0.1) is 21.8 Å². The topological polar surface area (TPSA) is 105 Å². The molecule has 0 N–H and O–H groups in total. The van der Waals surface area contributed by atoms with Gasteiger partial charge in [-0.1, -0.05) is 107 Å². The summed E-state index contributed by atoms with van der Waals surface area (Å²) in [4.78, 5) is 0. The van der Waals surface area contributed by atoms with Gasteiger partial charge in [0.1, 0.15) is 0 Å². The number of hydrogen-bond acceptors (Lipinski definition) is 8. The van der Waals surface area contributed by atoms with Crippen LogP contribution in [0.3, 0.4) is 0 Å². The van der Waals surface area contributed by atoms with Gasteiger partial charge in [0, 0.05) is 104 Å². The molecule has 2 saturated carbocycles. The smallest absolute Gasteiger partial charge is 0.356 e. The minimum atomic E-state index is -2.59. The van der Waals surface area contributed by atoms with Gasteiger partial charge in [-0.3, -0.25) is 17.9 Å². The van der Waals surface area contributed by atoms with E-state index in [0.29, 0.717) is 18.0 Å². The molecule has 3 atom stereocenters. The third-order valence-corrected chi connectivity index (χ3v) is 12.8. The van der Waals surface area contributed by atoms with Crippen molar-refractivity contribution in [2.24, 2.45) is 11.8 Å². The average molecular weight is 1420 g/mol. The SMILES string of the molecule is CC.CC.COP(C)(C)=O.CO[P+](C)=O.Cc1ccc(C2CCC(C)CC2)cc1.[CH2-]C.[CH2-]P(=O)(CC1CCC(c2ccc(C)cc2)CC1)OC.[CH2-]P(C)(=O)OC.[W].[W].[W]. The van der Waals surface area contributed by atoms with Crippen LogP contribution >= 0.6 is 30.1 Å². The Balaban J connectivity index is -0.000000119. The fourth-order valence-corrected chi connectivity index (χ4v) is 6.72. The Hall–Kier alpha value is 1.13. The largest absolute Gasteiger partial charge is 0.504 e. The van der Waals surface area contributed by atoms with E-state index in [1.807, 2.05) is 27.7 Å². The Morgan fingerprint density at radius 2 is 0.881 bits per heavy atom. The Bertz CT molecular complexity index is 1330. The molecule has 2 aliphatic carbocycles. The van der Waals surface area contributed by atoms with Crippen molar-refractivity contribution in [3.8, 4) is 0 Å². The zero-order valence-corrected chi connectivity index (χ0v) is 52.1. The summed E-state index contributed by atoms with van der Waals surface area (Å²) in [6.45, 7) is 32.7. The molecule has 15 heteroatoms. The molecular formula is C44H84O8P4W3-2. The normalized spacial score (nSPS) is 19.7. The molecule has 0 aliphatic heterocycles. The predicted molar refractivity (Wildman–Crippen MR) is 249 cm³/mol. The van der Waals surface area contributed by atoms with E-state index in [2.05, 4.69) is 103 Å². The summed E-state index contributed by atoms with van der Waals surface area (Å²) in [6, 6.07) is 18.0. The molecule has 0 saturated heterocycles.